The lowest BCUT2D eigenvalue weighted by molar-refractivity contribution is -0.131. The molecule has 0 amide bonds. The summed E-state index contributed by atoms with van der Waals surface area (Å²) < 4.78 is 43.7. The summed E-state index contributed by atoms with van der Waals surface area (Å²) in [5.74, 6) is -2.53. The SMILES string of the molecule is COc1nc(NC2CCN(C3COC3)CC2(F)F)nn2ccc(-c3ccn4ncnc4c3)c12. The second-order valence-electron chi connectivity index (χ2n) is 8.35. The van der Waals surface area contributed by atoms with Crippen molar-refractivity contribution in [3.63, 3.8) is 0 Å². The number of likely N-dealkylation sites (tertiary alicyclic amines) is 1. The number of halogens is 2. The lowest BCUT2D eigenvalue weighted by Crippen LogP contribution is -2.61. The number of hydrogen-bond donors (Lipinski definition) is 1. The number of ether oxygens (including phenoxy) is 2. The number of methoxy groups -OCH3 is 1. The molecule has 1 unspecified atom stereocenters. The second-order valence-corrected chi connectivity index (χ2v) is 8.35. The lowest BCUT2D eigenvalue weighted by atomic mass is 9.98. The van der Waals surface area contributed by atoms with Gasteiger partial charge in [0.2, 0.25) is 11.8 Å². The molecule has 2 aliphatic rings. The van der Waals surface area contributed by atoms with E-state index in [2.05, 4.69) is 25.5 Å². The van der Waals surface area contributed by atoms with Crippen molar-refractivity contribution in [1.29, 1.82) is 0 Å². The predicted octanol–water partition coefficient (Wildman–Crippen LogP) is 1.97. The Morgan fingerprint density at radius 1 is 1.21 bits per heavy atom. The van der Waals surface area contributed by atoms with Crippen molar-refractivity contribution in [2.45, 2.75) is 24.4 Å². The standard InChI is InChI=1S/C21H22F2N8O2/c1-32-19-18-15(13-2-6-30-17(8-13)24-12-25-30)3-7-31(18)28-20(27-19)26-16-4-5-29(11-21(16,22)23)14-9-33-10-14/h2-3,6-8,12,14,16H,4-5,9-11H2,1H3,(H,26,28). The fraction of sp³-hybridized carbons (Fsp3) is 0.429. The summed E-state index contributed by atoms with van der Waals surface area (Å²) in [5.41, 5.74) is 3.07. The minimum absolute atomic E-state index is 0.0831. The van der Waals surface area contributed by atoms with E-state index in [4.69, 9.17) is 9.47 Å². The number of rotatable bonds is 5. The van der Waals surface area contributed by atoms with Gasteiger partial charge in [-0.2, -0.15) is 10.1 Å². The van der Waals surface area contributed by atoms with E-state index in [0.717, 1.165) is 11.1 Å². The van der Waals surface area contributed by atoms with Crippen LogP contribution in [-0.2, 0) is 4.74 Å². The van der Waals surface area contributed by atoms with Crippen molar-refractivity contribution < 1.29 is 18.3 Å². The number of pyridine rings is 1. The Morgan fingerprint density at radius 2 is 2.06 bits per heavy atom. The zero-order valence-corrected chi connectivity index (χ0v) is 17.9. The highest BCUT2D eigenvalue weighted by Crippen LogP contribution is 2.34. The third kappa shape index (κ3) is 3.45. The first kappa shape index (κ1) is 20.2. The molecule has 2 fully saturated rings. The van der Waals surface area contributed by atoms with Crippen LogP contribution in [0.4, 0.5) is 14.7 Å². The number of piperidine rings is 1. The van der Waals surface area contributed by atoms with Crippen LogP contribution < -0.4 is 10.1 Å². The van der Waals surface area contributed by atoms with Gasteiger partial charge in [-0.3, -0.25) is 4.90 Å². The molecular formula is C21H22F2N8O2. The maximum atomic E-state index is 14.9. The third-order valence-corrected chi connectivity index (χ3v) is 6.33. The zero-order valence-electron chi connectivity index (χ0n) is 17.9. The molecule has 0 spiro atoms. The van der Waals surface area contributed by atoms with Gasteiger partial charge in [0, 0.05) is 24.5 Å². The molecule has 4 aromatic rings. The van der Waals surface area contributed by atoms with Crippen molar-refractivity contribution in [2.24, 2.45) is 0 Å². The summed E-state index contributed by atoms with van der Waals surface area (Å²) in [4.78, 5) is 10.4. The molecule has 6 heterocycles. The smallest absolute Gasteiger partial charge is 0.280 e. The van der Waals surface area contributed by atoms with E-state index in [1.165, 1.54) is 13.4 Å². The van der Waals surface area contributed by atoms with Gasteiger partial charge in [-0.05, 0) is 30.2 Å². The van der Waals surface area contributed by atoms with E-state index in [9.17, 15) is 8.78 Å². The summed E-state index contributed by atoms with van der Waals surface area (Å²) in [6, 6.07) is 4.70. The van der Waals surface area contributed by atoms with Gasteiger partial charge in [0.1, 0.15) is 11.8 Å². The molecule has 2 saturated heterocycles. The van der Waals surface area contributed by atoms with Crippen LogP contribution in [0.2, 0.25) is 0 Å². The Labute approximate surface area is 187 Å². The second kappa shape index (κ2) is 7.59. The Hall–Kier alpha value is -3.38. The number of nitrogens with one attached hydrogen (secondary N) is 1. The van der Waals surface area contributed by atoms with Crippen LogP contribution in [0.1, 0.15) is 6.42 Å². The van der Waals surface area contributed by atoms with Gasteiger partial charge in [-0.25, -0.2) is 22.8 Å². The van der Waals surface area contributed by atoms with Crippen LogP contribution in [0.5, 0.6) is 5.88 Å². The summed E-state index contributed by atoms with van der Waals surface area (Å²) >= 11 is 0. The third-order valence-electron chi connectivity index (χ3n) is 6.33. The molecule has 10 nitrogen and oxygen atoms in total. The number of aromatic nitrogens is 6. The average molecular weight is 456 g/mol. The molecule has 4 aromatic heterocycles. The monoisotopic (exact) mass is 456 g/mol. The van der Waals surface area contributed by atoms with Crippen LogP contribution in [-0.4, -0.2) is 85.5 Å². The first-order chi connectivity index (χ1) is 16.0. The molecule has 1 N–H and O–H groups in total. The molecule has 2 aliphatic heterocycles. The Balaban J connectivity index is 1.30. The highest BCUT2D eigenvalue weighted by Gasteiger charge is 2.47. The van der Waals surface area contributed by atoms with Gasteiger partial charge in [0.25, 0.3) is 5.92 Å². The van der Waals surface area contributed by atoms with Crippen LogP contribution in [0.15, 0.2) is 36.9 Å². The summed E-state index contributed by atoms with van der Waals surface area (Å²) in [5, 5.41) is 11.4. The molecule has 0 saturated carbocycles. The van der Waals surface area contributed by atoms with Gasteiger partial charge in [0.05, 0.1) is 39.0 Å². The maximum absolute atomic E-state index is 14.9. The summed E-state index contributed by atoms with van der Waals surface area (Å²) in [6.07, 6.45) is 5.33. The number of fused-ring (bicyclic) bond motifs is 2. The van der Waals surface area contributed by atoms with Gasteiger partial charge >= 0.3 is 0 Å². The number of hydrogen-bond acceptors (Lipinski definition) is 8. The Morgan fingerprint density at radius 3 is 2.82 bits per heavy atom. The molecule has 12 heteroatoms. The van der Waals surface area contributed by atoms with Gasteiger partial charge < -0.3 is 14.8 Å². The normalized spacial score (nSPS) is 21.4. The number of nitrogens with zero attached hydrogens (tertiary/aromatic N) is 7. The van der Waals surface area contributed by atoms with E-state index >= 15 is 0 Å². The minimum atomic E-state index is -2.92. The largest absolute Gasteiger partial charge is 0.479 e. The van der Waals surface area contributed by atoms with E-state index in [-0.39, 0.29) is 25.0 Å². The van der Waals surface area contributed by atoms with Crippen molar-refractivity contribution in [3.8, 4) is 17.0 Å². The van der Waals surface area contributed by atoms with Crippen molar-refractivity contribution in [2.75, 3.05) is 38.7 Å². The molecule has 0 bridgehead atoms. The van der Waals surface area contributed by atoms with Crippen LogP contribution in [0.25, 0.3) is 22.3 Å². The van der Waals surface area contributed by atoms with E-state index in [1.807, 2.05) is 24.4 Å². The van der Waals surface area contributed by atoms with Crippen LogP contribution in [0.3, 0.4) is 0 Å². The minimum Gasteiger partial charge on any atom is -0.479 e. The quantitative estimate of drug-likeness (QED) is 0.487. The van der Waals surface area contributed by atoms with Crippen molar-refractivity contribution in [1.82, 2.24) is 34.1 Å². The predicted molar refractivity (Wildman–Crippen MR) is 115 cm³/mol. The van der Waals surface area contributed by atoms with E-state index in [0.29, 0.717) is 36.8 Å². The number of alkyl halides is 2. The fourth-order valence-corrected chi connectivity index (χ4v) is 4.46. The fourth-order valence-electron chi connectivity index (χ4n) is 4.46. The summed E-state index contributed by atoms with van der Waals surface area (Å²) in [6.45, 7) is 1.30. The van der Waals surface area contributed by atoms with E-state index in [1.54, 1.807) is 20.1 Å². The Bertz CT molecular complexity index is 1320. The molecule has 0 aliphatic carbocycles. The Kier molecular flexibility index (Phi) is 4.66. The molecule has 1 atom stereocenters. The topological polar surface area (TPSA) is 94.1 Å². The van der Waals surface area contributed by atoms with Gasteiger partial charge in [0.15, 0.2) is 5.65 Å². The van der Waals surface area contributed by atoms with Gasteiger partial charge in [-0.15, -0.1) is 5.10 Å². The zero-order chi connectivity index (χ0) is 22.6. The lowest BCUT2D eigenvalue weighted by Gasteiger charge is -2.44. The molecule has 33 heavy (non-hydrogen) atoms. The first-order valence-electron chi connectivity index (χ1n) is 10.7. The van der Waals surface area contributed by atoms with E-state index < -0.39 is 12.0 Å². The summed E-state index contributed by atoms with van der Waals surface area (Å²) in [7, 11) is 1.50. The maximum Gasteiger partial charge on any atom is 0.280 e. The number of anilines is 1. The average Bonchev–Trinajstić information content (AvgIpc) is 3.39. The molecular weight excluding hydrogens is 434 g/mol. The van der Waals surface area contributed by atoms with Crippen LogP contribution >= 0.6 is 0 Å². The van der Waals surface area contributed by atoms with Crippen molar-refractivity contribution >= 4 is 17.1 Å². The van der Waals surface area contributed by atoms with Crippen LogP contribution in [0, 0.1) is 0 Å². The van der Waals surface area contributed by atoms with Crippen molar-refractivity contribution in [3.05, 3.63) is 36.9 Å². The first-order valence-corrected chi connectivity index (χ1v) is 10.7. The molecule has 6 rings (SSSR count). The molecule has 0 radical (unpaired) electrons. The molecule has 0 aromatic carbocycles. The highest BCUT2D eigenvalue weighted by molar-refractivity contribution is 5.85. The molecule has 172 valence electrons. The highest BCUT2D eigenvalue weighted by atomic mass is 19.3. The van der Waals surface area contributed by atoms with Gasteiger partial charge in [-0.1, -0.05) is 0 Å².